The fraction of sp³-hybridized carbons (Fsp3) is 0.244. The van der Waals surface area contributed by atoms with Gasteiger partial charge in [0.05, 0.1) is 57.7 Å². The molecular formula is C45H44N2O8. The van der Waals surface area contributed by atoms with E-state index in [4.69, 9.17) is 28.4 Å². The van der Waals surface area contributed by atoms with Gasteiger partial charge in [-0.05, 0) is 86.3 Å². The van der Waals surface area contributed by atoms with Gasteiger partial charge in [0.15, 0.2) is 5.75 Å². The first kappa shape index (κ1) is 36.9. The number of H-pyrrole nitrogens is 1. The first-order chi connectivity index (χ1) is 26.5. The minimum Gasteiger partial charge on any atom is -0.497 e. The van der Waals surface area contributed by atoms with Gasteiger partial charge in [0.2, 0.25) is 0 Å². The van der Waals surface area contributed by atoms with Crippen molar-refractivity contribution in [3.63, 3.8) is 0 Å². The maximum Gasteiger partial charge on any atom is 0.381 e. The SMILES string of the molecule is COC(=O)C(=O)c1c(-c2ccc(OC)cc2)c2c3c([nH]c4c(OC(C)(C)C)cccc43)c(OC)c(-c3ccc(OC)cc3)c2n1CCc1ccc(OC)cc1. The summed E-state index contributed by atoms with van der Waals surface area (Å²) in [6.45, 7) is 6.34. The maximum absolute atomic E-state index is 14.6. The molecule has 0 bridgehead atoms. The Hall–Kier alpha value is -6.42. The largest absolute Gasteiger partial charge is 0.497 e. The predicted octanol–water partition coefficient (Wildman–Crippen LogP) is 9.42. The molecule has 0 saturated heterocycles. The molecule has 0 unspecified atom stereocenters. The summed E-state index contributed by atoms with van der Waals surface area (Å²) in [6, 6.07) is 28.9. The van der Waals surface area contributed by atoms with Crippen LogP contribution in [0.5, 0.6) is 28.7 Å². The molecule has 2 aromatic heterocycles. The summed E-state index contributed by atoms with van der Waals surface area (Å²) in [4.78, 5) is 31.7. The van der Waals surface area contributed by atoms with Gasteiger partial charge in [0.25, 0.3) is 5.78 Å². The minimum absolute atomic E-state index is 0.196. The summed E-state index contributed by atoms with van der Waals surface area (Å²) in [6.07, 6.45) is 0.525. The Labute approximate surface area is 319 Å². The number of aryl methyl sites for hydroxylation is 2. The summed E-state index contributed by atoms with van der Waals surface area (Å²) in [7, 11) is 7.72. The first-order valence-corrected chi connectivity index (χ1v) is 18.0. The maximum atomic E-state index is 14.6. The molecule has 0 aliphatic heterocycles. The van der Waals surface area contributed by atoms with Gasteiger partial charge >= 0.3 is 5.97 Å². The highest BCUT2D eigenvalue weighted by Gasteiger charge is 2.34. The number of Topliss-reactive ketones (excluding diaryl/α,β-unsaturated/α-hetero) is 1. The number of fused-ring (bicyclic) bond motifs is 5. The third kappa shape index (κ3) is 6.69. The molecule has 0 radical (unpaired) electrons. The van der Waals surface area contributed by atoms with Crippen molar-refractivity contribution in [2.45, 2.75) is 39.3 Å². The number of aromatic amines is 1. The Morgan fingerprint density at radius 3 is 1.75 bits per heavy atom. The molecule has 0 fully saturated rings. The zero-order valence-electron chi connectivity index (χ0n) is 32.3. The molecule has 7 aromatic rings. The molecule has 55 heavy (non-hydrogen) atoms. The second-order valence-corrected chi connectivity index (χ2v) is 14.2. The summed E-state index contributed by atoms with van der Waals surface area (Å²) in [5, 5.41) is 2.43. The van der Waals surface area contributed by atoms with Crippen molar-refractivity contribution in [1.82, 2.24) is 9.55 Å². The zero-order valence-corrected chi connectivity index (χ0v) is 32.3. The van der Waals surface area contributed by atoms with Crippen LogP contribution in [-0.4, -0.2) is 62.5 Å². The van der Waals surface area contributed by atoms with E-state index in [1.54, 1.807) is 28.4 Å². The Morgan fingerprint density at radius 1 is 0.655 bits per heavy atom. The smallest absolute Gasteiger partial charge is 0.381 e. The molecule has 5 aromatic carbocycles. The number of rotatable bonds is 12. The number of ketones is 1. The molecule has 0 spiro atoms. The van der Waals surface area contributed by atoms with Crippen molar-refractivity contribution in [2.24, 2.45) is 0 Å². The van der Waals surface area contributed by atoms with Crippen molar-refractivity contribution < 1.29 is 38.0 Å². The lowest BCUT2D eigenvalue weighted by molar-refractivity contribution is -0.135. The highest BCUT2D eigenvalue weighted by molar-refractivity contribution is 6.44. The number of carbonyl (C=O) groups excluding carboxylic acids is 2. The van der Waals surface area contributed by atoms with Crippen LogP contribution in [0.1, 0.15) is 36.8 Å². The topological polar surface area (TPSA) is 110 Å². The van der Waals surface area contributed by atoms with Gasteiger partial charge < -0.3 is 38.0 Å². The molecule has 7 rings (SSSR count). The van der Waals surface area contributed by atoms with Crippen LogP contribution in [0.3, 0.4) is 0 Å². The number of para-hydroxylation sites is 1. The van der Waals surface area contributed by atoms with Crippen LogP contribution in [0.2, 0.25) is 0 Å². The van der Waals surface area contributed by atoms with E-state index in [1.165, 1.54) is 7.11 Å². The second kappa shape index (κ2) is 14.8. The third-order valence-electron chi connectivity index (χ3n) is 9.75. The molecule has 10 nitrogen and oxygen atoms in total. The monoisotopic (exact) mass is 740 g/mol. The van der Waals surface area contributed by atoms with Crippen LogP contribution >= 0.6 is 0 Å². The normalized spacial score (nSPS) is 11.6. The van der Waals surface area contributed by atoms with Gasteiger partial charge in [0, 0.05) is 28.3 Å². The number of methoxy groups -OCH3 is 5. The molecule has 0 aliphatic rings. The van der Waals surface area contributed by atoms with Crippen molar-refractivity contribution in [3.8, 4) is 51.0 Å². The number of hydrogen-bond donors (Lipinski definition) is 1. The molecule has 0 aliphatic carbocycles. The zero-order chi connectivity index (χ0) is 39.0. The van der Waals surface area contributed by atoms with Gasteiger partial charge in [0.1, 0.15) is 34.3 Å². The number of hydrogen-bond acceptors (Lipinski definition) is 8. The fourth-order valence-corrected chi connectivity index (χ4v) is 7.34. The van der Waals surface area contributed by atoms with Crippen LogP contribution in [-0.2, 0) is 22.5 Å². The van der Waals surface area contributed by atoms with Gasteiger partial charge in [-0.2, -0.15) is 0 Å². The van der Waals surface area contributed by atoms with E-state index in [1.807, 2.05) is 116 Å². The van der Waals surface area contributed by atoms with Crippen LogP contribution in [0.15, 0.2) is 91.0 Å². The molecule has 2 heterocycles. The van der Waals surface area contributed by atoms with E-state index in [-0.39, 0.29) is 5.69 Å². The van der Waals surface area contributed by atoms with E-state index in [2.05, 4.69) is 4.98 Å². The van der Waals surface area contributed by atoms with E-state index in [0.29, 0.717) is 58.1 Å². The molecule has 0 amide bonds. The Balaban J connectivity index is 1.71. The minimum atomic E-state index is -0.975. The van der Waals surface area contributed by atoms with Gasteiger partial charge in [-0.3, -0.25) is 4.79 Å². The fourth-order valence-electron chi connectivity index (χ4n) is 7.34. The van der Waals surface area contributed by atoms with E-state index < -0.39 is 17.4 Å². The molecule has 1 N–H and O–H groups in total. The van der Waals surface area contributed by atoms with Crippen molar-refractivity contribution >= 4 is 44.5 Å². The summed E-state index contributed by atoms with van der Waals surface area (Å²) < 4.78 is 36.4. The lowest BCUT2D eigenvalue weighted by Gasteiger charge is -2.21. The second-order valence-electron chi connectivity index (χ2n) is 14.2. The highest BCUT2D eigenvalue weighted by atomic mass is 16.5. The Morgan fingerprint density at radius 2 is 1.22 bits per heavy atom. The average Bonchev–Trinajstić information content (AvgIpc) is 3.75. The average molecular weight is 741 g/mol. The quantitative estimate of drug-likeness (QED) is 0.0750. The number of carbonyl (C=O) groups is 2. The Kier molecular flexibility index (Phi) is 9.92. The lowest BCUT2D eigenvalue weighted by Crippen LogP contribution is -2.23. The van der Waals surface area contributed by atoms with Crippen molar-refractivity contribution in [3.05, 3.63) is 102 Å². The van der Waals surface area contributed by atoms with Crippen LogP contribution in [0.25, 0.3) is 55.0 Å². The van der Waals surface area contributed by atoms with Gasteiger partial charge in [-0.25, -0.2) is 4.79 Å². The van der Waals surface area contributed by atoms with Gasteiger partial charge in [-0.1, -0.05) is 48.5 Å². The van der Waals surface area contributed by atoms with Gasteiger partial charge in [-0.15, -0.1) is 0 Å². The summed E-state index contributed by atoms with van der Waals surface area (Å²) in [5.74, 6) is 1.55. The van der Waals surface area contributed by atoms with E-state index in [9.17, 15) is 9.59 Å². The number of nitrogens with one attached hydrogen (secondary N) is 1. The lowest BCUT2D eigenvalue weighted by atomic mass is 9.93. The first-order valence-electron chi connectivity index (χ1n) is 18.0. The Bertz CT molecular complexity index is 2540. The molecular weight excluding hydrogens is 697 g/mol. The summed E-state index contributed by atoms with van der Waals surface area (Å²) >= 11 is 0. The number of aromatic nitrogens is 2. The van der Waals surface area contributed by atoms with E-state index >= 15 is 0 Å². The predicted molar refractivity (Wildman–Crippen MR) is 215 cm³/mol. The number of nitrogens with zero attached hydrogens (tertiary/aromatic N) is 1. The molecule has 0 atom stereocenters. The van der Waals surface area contributed by atoms with Crippen molar-refractivity contribution in [2.75, 3.05) is 35.5 Å². The number of esters is 1. The van der Waals surface area contributed by atoms with Crippen LogP contribution in [0.4, 0.5) is 0 Å². The molecule has 282 valence electrons. The molecule has 10 heteroatoms. The van der Waals surface area contributed by atoms with Crippen LogP contribution in [0, 0.1) is 0 Å². The van der Waals surface area contributed by atoms with E-state index in [0.717, 1.165) is 44.1 Å². The number of ether oxygens (including phenoxy) is 6. The highest BCUT2D eigenvalue weighted by Crippen LogP contribution is 2.52. The number of benzene rings is 5. The third-order valence-corrected chi connectivity index (χ3v) is 9.75. The van der Waals surface area contributed by atoms with Crippen molar-refractivity contribution in [1.29, 1.82) is 0 Å². The standard InChI is InChI=1S/C45H44N2O8/c1-45(2,3)55-33-11-9-10-32-36-37-34(27-14-20-30(51-5)21-15-27)41(42(48)44(49)54-8)47(25-24-26-12-18-29(50-4)19-13-26)40(37)35(28-16-22-31(52-6)23-17-28)43(53-7)39(36)46-38(32)33/h9-23,46H,24-25H2,1-8H3. The molecule has 0 saturated carbocycles. The summed E-state index contributed by atoms with van der Waals surface area (Å²) in [5.41, 5.74) is 5.75. The van der Waals surface area contributed by atoms with Crippen LogP contribution < -0.4 is 23.7 Å².